The number of aliphatic carboxylic acids is 1. The number of nitrogens with zero attached hydrogens (tertiary/aromatic N) is 2. The van der Waals surface area contributed by atoms with E-state index in [-0.39, 0.29) is 5.82 Å². The first kappa shape index (κ1) is 14.5. The second-order valence-corrected chi connectivity index (χ2v) is 6.00. The van der Waals surface area contributed by atoms with E-state index in [0.717, 1.165) is 18.9 Å². The fourth-order valence-corrected chi connectivity index (χ4v) is 3.13. The van der Waals surface area contributed by atoms with Gasteiger partial charge < -0.3 is 5.11 Å². The molecule has 0 bridgehead atoms. The van der Waals surface area contributed by atoms with Crippen LogP contribution in [0.25, 0.3) is 6.08 Å². The maximum absolute atomic E-state index is 12.0. The Labute approximate surface area is 117 Å². The molecular formula is C12H15N3O4S. The number of rotatable bonds is 5. The van der Waals surface area contributed by atoms with Crippen LogP contribution in [0.2, 0.25) is 0 Å². The molecule has 1 saturated heterocycles. The summed E-state index contributed by atoms with van der Waals surface area (Å²) < 4.78 is 27.8. The molecule has 0 radical (unpaired) electrons. The van der Waals surface area contributed by atoms with E-state index in [4.69, 9.17) is 5.11 Å². The first-order valence-electron chi connectivity index (χ1n) is 6.13. The Morgan fingerprint density at radius 2 is 2.05 bits per heavy atom. The third-order valence-electron chi connectivity index (χ3n) is 2.81. The van der Waals surface area contributed by atoms with Gasteiger partial charge in [0.2, 0.25) is 0 Å². The van der Waals surface area contributed by atoms with Gasteiger partial charge in [-0.05, 0) is 31.1 Å². The third-order valence-corrected chi connectivity index (χ3v) is 4.32. The second-order valence-electron chi connectivity index (χ2n) is 4.33. The van der Waals surface area contributed by atoms with Crippen molar-refractivity contribution in [2.24, 2.45) is 0 Å². The second kappa shape index (κ2) is 6.02. The topological polar surface area (TPSA) is 99.6 Å². The number of carboxylic acids is 1. The van der Waals surface area contributed by atoms with Crippen molar-refractivity contribution in [1.29, 1.82) is 0 Å². The van der Waals surface area contributed by atoms with Crippen molar-refractivity contribution in [3.8, 4) is 0 Å². The average Bonchev–Trinajstić information content (AvgIpc) is 2.91. The van der Waals surface area contributed by atoms with Gasteiger partial charge in [0.1, 0.15) is 5.82 Å². The molecule has 2 N–H and O–H groups in total. The van der Waals surface area contributed by atoms with Crippen LogP contribution in [0.3, 0.4) is 0 Å². The number of carboxylic acid groups (broad SMARTS) is 1. The van der Waals surface area contributed by atoms with E-state index in [1.807, 2.05) is 0 Å². The van der Waals surface area contributed by atoms with Crippen LogP contribution in [0, 0.1) is 0 Å². The van der Waals surface area contributed by atoms with Crippen molar-refractivity contribution in [2.45, 2.75) is 12.8 Å². The van der Waals surface area contributed by atoms with E-state index in [0.29, 0.717) is 18.8 Å². The normalized spacial score (nSPS) is 16.6. The lowest BCUT2D eigenvalue weighted by Crippen LogP contribution is -2.33. The lowest BCUT2D eigenvalue weighted by Gasteiger charge is -2.16. The molecule has 0 aliphatic carbocycles. The van der Waals surface area contributed by atoms with E-state index in [1.165, 1.54) is 16.4 Å². The van der Waals surface area contributed by atoms with Gasteiger partial charge in [-0.15, -0.1) is 0 Å². The van der Waals surface area contributed by atoms with E-state index in [1.54, 1.807) is 12.1 Å². The number of aromatic nitrogens is 1. The maximum Gasteiger partial charge on any atom is 0.328 e. The molecule has 0 unspecified atom stereocenters. The van der Waals surface area contributed by atoms with Gasteiger partial charge in [0, 0.05) is 19.2 Å². The highest BCUT2D eigenvalue weighted by Gasteiger charge is 2.25. The Morgan fingerprint density at radius 3 is 2.70 bits per heavy atom. The highest BCUT2D eigenvalue weighted by molar-refractivity contribution is 7.90. The van der Waals surface area contributed by atoms with Crippen LogP contribution >= 0.6 is 0 Å². The minimum Gasteiger partial charge on any atom is -0.478 e. The highest BCUT2D eigenvalue weighted by atomic mass is 32.2. The van der Waals surface area contributed by atoms with Gasteiger partial charge in [-0.25, -0.2) is 9.78 Å². The molecule has 0 spiro atoms. The van der Waals surface area contributed by atoms with E-state index in [2.05, 4.69) is 9.71 Å². The van der Waals surface area contributed by atoms with Crippen LogP contribution < -0.4 is 4.72 Å². The largest absolute Gasteiger partial charge is 0.478 e. The molecule has 2 rings (SSSR count). The minimum atomic E-state index is -3.58. The molecule has 1 aliphatic rings. The third kappa shape index (κ3) is 3.78. The molecular weight excluding hydrogens is 282 g/mol. The van der Waals surface area contributed by atoms with Gasteiger partial charge in [0.25, 0.3) is 0 Å². The summed E-state index contributed by atoms with van der Waals surface area (Å²) in [6.45, 7) is 1.02. The molecule has 0 atom stereocenters. The van der Waals surface area contributed by atoms with E-state index < -0.39 is 16.2 Å². The Morgan fingerprint density at radius 1 is 1.35 bits per heavy atom. The van der Waals surface area contributed by atoms with Gasteiger partial charge in [-0.2, -0.15) is 12.7 Å². The van der Waals surface area contributed by atoms with Gasteiger partial charge >= 0.3 is 16.2 Å². The molecule has 1 fully saturated rings. The Balaban J connectivity index is 2.13. The first-order valence-corrected chi connectivity index (χ1v) is 7.57. The van der Waals surface area contributed by atoms with Crippen molar-refractivity contribution in [3.05, 3.63) is 30.0 Å². The standard InChI is InChI=1S/C12H15N3O4S/c16-12(17)7-6-10-4-3-5-11(13-10)14-20(18,19)15-8-1-2-9-15/h3-7H,1-2,8-9H2,(H,13,14)(H,16,17). The summed E-state index contributed by atoms with van der Waals surface area (Å²) in [7, 11) is -3.58. The van der Waals surface area contributed by atoms with E-state index >= 15 is 0 Å². The molecule has 0 saturated carbocycles. The molecule has 2 heterocycles. The summed E-state index contributed by atoms with van der Waals surface area (Å²) in [4.78, 5) is 14.5. The van der Waals surface area contributed by atoms with Crippen molar-refractivity contribution in [1.82, 2.24) is 9.29 Å². The molecule has 8 heteroatoms. The number of hydrogen-bond acceptors (Lipinski definition) is 4. The summed E-state index contributed by atoms with van der Waals surface area (Å²) in [6.07, 6.45) is 3.96. The zero-order chi connectivity index (χ0) is 14.6. The van der Waals surface area contributed by atoms with E-state index in [9.17, 15) is 13.2 Å². The van der Waals surface area contributed by atoms with Crippen LogP contribution in [0.15, 0.2) is 24.3 Å². The number of hydrogen-bond donors (Lipinski definition) is 2. The summed E-state index contributed by atoms with van der Waals surface area (Å²) in [5.74, 6) is -0.917. The highest BCUT2D eigenvalue weighted by Crippen LogP contribution is 2.15. The Bertz CT molecular complexity index is 621. The molecule has 1 aliphatic heterocycles. The number of carbonyl (C=O) groups is 1. The number of anilines is 1. The fourth-order valence-electron chi connectivity index (χ4n) is 1.88. The van der Waals surface area contributed by atoms with Crippen LogP contribution in [0.4, 0.5) is 5.82 Å². The SMILES string of the molecule is O=C(O)C=Cc1cccc(NS(=O)(=O)N2CCCC2)n1. The molecule has 0 aromatic carbocycles. The molecule has 20 heavy (non-hydrogen) atoms. The molecule has 1 aromatic heterocycles. The van der Waals surface area contributed by atoms with Crippen molar-refractivity contribution in [3.63, 3.8) is 0 Å². The predicted octanol–water partition coefficient (Wildman–Crippen LogP) is 0.932. The lowest BCUT2D eigenvalue weighted by molar-refractivity contribution is -0.131. The summed E-state index contributed by atoms with van der Waals surface area (Å²) in [5, 5.41) is 8.54. The van der Waals surface area contributed by atoms with Crippen LogP contribution in [-0.2, 0) is 15.0 Å². The van der Waals surface area contributed by atoms with Gasteiger partial charge in [0.15, 0.2) is 0 Å². The smallest absolute Gasteiger partial charge is 0.328 e. The van der Waals surface area contributed by atoms with Crippen molar-refractivity contribution >= 4 is 28.1 Å². The summed E-state index contributed by atoms with van der Waals surface area (Å²) >= 11 is 0. The minimum absolute atomic E-state index is 0.171. The Hall–Kier alpha value is -1.93. The fraction of sp³-hybridized carbons (Fsp3) is 0.333. The van der Waals surface area contributed by atoms with Crippen LogP contribution in [0.1, 0.15) is 18.5 Å². The molecule has 1 aromatic rings. The zero-order valence-corrected chi connectivity index (χ0v) is 11.5. The zero-order valence-electron chi connectivity index (χ0n) is 10.7. The molecule has 0 amide bonds. The number of nitrogens with one attached hydrogen (secondary N) is 1. The maximum atomic E-state index is 12.0. The van der Waals surface area contributed by atoms with Gasteiger partial charge in [-0.1, -0.05) is 6.07 Å². The van der Waals surface area contributed by atoms with Gasteiger partial charge in [-0.3, -0.25) is 4.72 Å². The quantitative estimate of drug-likeness (QED) is 0.788. The van der Waals surface area contributed by atoms with Gasteiger partial charge in [0.05, 0.1) is 5.69 Å². The van der Waals surface area contributed by atoms with Crippen molar-refractivity contribution in [2.75, 3.05) is 17.8 Å². The van der Waals surface area contributed by atoms with Crippen LogP contribution in [0.5, 0.6) is 0 Å². The summed E-state index contributed by atoms with van der Waals surface area (Å²) in [6, 6.07) is 4.72. The lowest BCUT2D eigenvalue weighted by atomic mass is 10.3. The molecule has 108 valence electrons. The summed E-state index contributed by atoms with van der Waals surface area (Å²) in [5.41, 5.74) is 0.369. The van der Waals surface area contributed by atoms with Crippen molar-refractivity contribution < 1.29 is 18.3 Å². The predicted molar refractivity (Wildman–Crippen MR) is 74.3 cm³/mol. The van der Waals surface area contributed by atoms with Crippen LogP contribution in [-0.4, -0.2) is 41.9 Å². The average molecular weight is 297 g/mol. The first-order chi connectivity index (χ1) is 9.47. The number of pyridine rings is 1. The Kier molecular flexibility index (Phi) is 4.35. The molecule has 7 nitrogen and oxygen atoms in total. The monoisotopic (exact) mass is 297 g/mol.